The monoisotopic (exact) mass is 457 g/mol. The second kappa shape index (κ2) is 8.83. The smallest absolute Gasteiger partial charge is 0.338 e. The van der Waals surface area contributed by atoms with Crippen LogP contribution >= 0.6 is 0 Å². The van der Waals surface area contributed by atoms with E-state index in [2.05, 4.69) is 5.32 Å². The fraction of sp³-hybridized carbons (Fsp3) is 0.227. The van der Waals surface area contributed by atoms with Crippen molar-refractivity contribution in [3.8, 4) is 5.69 Å². The molecule has 168 valence electrons. The van der Waals surface area contributed by atoms with Gasteiger partial charge in [-0.05, 0) is 43.7 Å². The van der Waals surface area contributed by atoms with E-state index in [0.29, 0.717) is 16.9 Å². The number of carbonyl (C=O) groups excluding carboxylic acids is 2. The van der Waals surface area contributed by atoms with E-state index < -0.39 is 33.9 Å². The maximum Gasteiger partial charge on any atom is 0.338 e. The van der Waals surface area contributed by atoms with Crippen molar-refractivity contribution in [2.24, 2.45) is 7.05 Å². The lowest BCUT2D eigenvalue weighted by atomic mass is 10.1. The number of para-hydroxylation sites is 1. The van der Waals surface area contributed by atoms with E-state index in [1.54, 1.807) is 49.8 Å². The highest BCUT2D eigenvalue weighted by atomic mass is 32.2. The number of hydrogen-bond donors (Lipinski definition) is 1. The molecule has 0 aliphatic carbocycles. The Morgan fingerprint density at radius 2 is 1.72 bits per heavy atom. The van der Waals surface area contributed by atoms with Gasteiger partial charge in [-0.3, -0.25) is 14.3 Å². The quantitative estimate of drug-likeness (QED) is 0.566. The lowest BCUT2D eigenvalue weighted by molar-refractivity contribution is -0.119. The van der Waals surface area contributed by atoms with Gasteiger partial charge in [0.15, 0.2) is 16.4 Å². The van der Waals surface area contributed by atoms with Gasteiger partial charge in [-0.1, -0.05) is 24.3 Å². The summed E-state index contributed by atoms with van der Waals surface area (Å²) < 4.78 is 31.5. The van der Waals surface area contributed by atoms with Gasteiger partial charge >= 0.3 is 5.97 Å². The predicted molar refractivity (Wildman–Crippen MR) is 119 cm³/mol. The Morgan fingerprint density at radius 1 is 1.06 bits per heavy atom. The molecule has 3 rings (SSSR count). The van der Waals surface area contributed by atoms with E-state index in [9.17, 15) is 22.8 Å². The molecular weight excluding hydrogens is 434 g/mol. The van der Waals surface area contributed by atoms with Gasteiger partial charge in [-0.25, -0.2) is 17.9 Å². The van der Waals surface area contributed by atoms with E-state index in [0.717, 1.165) is 6.26 Å². The highest BCUT2D eigenvalue weighted by Crippen LogP contribution is 2.17. The lowest BCUT2D eigenvalue weighted by Gasteiger charge is -2.09. The van der Waals surface area contributed by atoms with Crippen LogP contribution in [0.4, 0.5) is 5.69 Å². The van der Waals surface area contributed by atoms with Crippen molar-refractivity contribution in [1.82, 2.24) is 9.36 Å². The largest absolute Gasteiger partial charge is 0.452 e. The molecule has 0 saturated carbocycles. The van der Waals surface area contributed by atoms with Gasteiger partial charge in [-0.2, -0.15) is 0 Å². The molecule has 0 atom stereocenters. The van der Waals surface area contributed by atoms with Gasteiger partial charge < -0.3 is 10.1 Å². The summed E-state index contributed by atoms with van der Waals surface area (Å²) in [7, 11) is -1.82. The maximum absolute atomic E-state index is 12.8. The van der Waals surface area contributed by atoms with Gasteiger partial charge in [0.2, 0.25) is 0 Å². The van der Waals surface area contributed by atoms with Crippen LogP contribution in [-0.4, -0.2) is 42.5 Å². The molecule has 0 unspecified atom stereocenters. The number of aryl methyl sites for hydroxylation is 1. The number of hydrogen-bond acceptors (Lipinski definition) is 6. The summed E-state index contributed by atoms with van der Waals surface area (Å²) in [6, 6.07) is 13.0. The highest BCUT2D eigenvalue weighted by molar-refractivity contribution is 7.90. The molecule has 9 nitrogen and oxygen atoms in total. The number of rotatable bonds is 6. The molecule has 2 aromatic carbocycles. The number of nitrogens with one attached hydrogen (secondary N) is 1. The normalized spacial score (nSPS) is 11.2. The van der Waals surface area contributed by atoms with Crippen LogP contribution < -0.4 is 10.9 Å². The second-order valence-corrected chi connectivity index (χ2v) is 9.33. The first-order valence-corrected chi connectivity index (χ1v) is 11.5. The van der Waals surface area contributed by atoms with Crippen molar-refractivity contribution in [3.63, 3.8) is 0 Å². The molecule has 10 heteroatoms. The van der Waals surface area contributed by atoms with Crippen molar-refractivity contribution in [2.75, 3.05) is 18.2 Å². The zero-order valence-corrected chi connectivity index (χ0v) is 18.9. The average Bonchev–Trinajstić information content (AvgIpc) is 2.95. The van der Waals surface area contributed by atoms with Crippen molar-refractivity contribution in [2.45, 2.75) is 18.7 Å². The minimum absolute atomic E-state index is 0.0270. The Labute approximate surface area is 185 Å². The molecule has 1 heterocycles. The summed E-state index contributed by atoms with van der Waals surface area (Å²) in [6.45, 7) is 2.67. The van der Waals surface area contributed by atoms with Crippen molar-refractivity contribution in [3.05, 3.63) is 75.7 Å². The molecule has 0 spiro atoms. The van der Waals surface area contributed by atoms with E-state index in [1.165, 1.54) is 22.9 Å². The molecule has 3 aromatic rings. The standard InChI is InChI=1S/C22H23N3O6S/c1-14-10-11-17(32(4,29)30)12-18(14)22(28)31-13-19(26)23-20-15(2)24(3)25(21(20)27)16-8-6-5-7-9-16/h5-12H,13H2,1-4H3,(H,23,26). The number of nitrogens with zero attached hydrogens (tertiary/aromatic N) is 2. The fourth-order valence-corrected chi connectivity index (χ4v) is 3.80. The molecule has 1 aromatic heterocycles. The third-order valence-electron chi connectivity index (χ3n) is 5.01. The Bertz CT molecular complexity index is 1350. The number of amides is 1. The van der Waals surface area contributed by atoms with Crippen LogP contribution in [0.1, 0.15) is 21.6 Å². The number of sulfone groups is 1. The Balaban J connectivity index is 1.75. The minimum Gasteiger partial charge on any atom is -0.452 e. The number of ether oxygens (including phenoxy) is 1. The van der Waals surface area contributed by atoms with Crippen LogP contribution in [0, 0.1) is 13.8 Å². The summed E-state index contributed by atoms with van der Waals surface area (Å²) >= 11 is 0. The molecule has 0 radical (unpaired) electrons. The summed E-state index contributed by atoms with van der Waals surface area (Å²) in [5.41, 5.74) is 1.36. The lowest BCUT2D eigenvalue weighted by Crippen LogP contribution is -2.26. The molecule has 0 aliphatic heterocycles. The van der Waals surface area contributed by atoms with E-state index >= 15 is 0 Å². The number of aromatic nitrogens is 2. The van der Waals surface area contributed by atoms with Gasteiger partial charge in [0.1, 0.15) is 5.69 Å². The minimum atomic E-state index is -3.51. The predicted octanol–water partition coefficient (Wildman–Crippen LogP) is 1.99. The van der Waals surface area contributed by atoms with Crippen molar-refractivity contribution < 1.29 is 22.7 Å². The van der Waals surface area contributed by atoms with Crippen LogP contribution in [0.3, 0.4) is 0 Å². The molecule has 1 amide bonds. The molecule has 0 aliphatic rings. The Morgan fingerprint density at radius 3 is 2.34 bits per heavy atom. The first-order chi connectivity index (χ1) is 15.0. The molecule has 0 saturated heterocycles. The van der Waals surface area contributed by atoms with E-state index in [4.69, 9.17) is 4.74 Å². The zero-order chi connectivity index (χ0) is 23.6. The fourth-order valence-electron chi connectivity index (χ4n) is 3.15. The summed E-state index contributed by atoms with van der Waals surface area (Å²) in [6.07, 6.45) is 1.03. The Kier molecular flexibility index (Phi) is 6.35. The van der Waals surface area contributed by atoms with Gasteiger partial charge in [0.05, 0.1) is 21.8 Å². The first-order valence-electron chi connectivity index (χ1n) is 9.62. The zero-order valence-electron chi connectivity index (χ0n) is 18.1. The summed E-state index contributed by atoms with van der Waals surface area (Å²) in [5, 5.41) is 2.50. The maximum atomic E-state index is 12.8. The molecule has 0 fully saturated rings. The van der Waals surface area contributed by atoms with Crippen molar-refractivity contribution in [1.29, 1.82) is 0 Å². The van der Waals surface area contributed by atoms with Gasteiger partial charge in [0, 0.05) is 13.3 Å². The van der Waals surface area contributed by atoms with Crippen LogP contribution in [0.15, 0.2) is 58.2 Å². The number of anilines is 1. The number of carbonyl (C=O) groups is 2. The van der Waals surface area contributed by atoms with Crippen molar-refractivity contribution >= 4 is 27.4 Å². The summed E-state index contributed by atoms with van der Waals surface area (Å²) in [4.78, 5) is 37.6. The number of esters is 1. The van der Waals surface area contributed by atoms with Gasteiger partial charge in [0.25, 0.3) is 11.5 Å². The average molecular weight is 458 g/mol. The van der Waals surface area contributed by atoms with Crippen LogP contribution in [0.5, 0.6) is 0 Å². The van der Waals surface area contributed by atoms with E-state index in [1.807, 2.05) is 6.07 Å². The highest BCUT2D eigenvalue weighted by Gasteiger charge is 2.20. The Hall–Kier alpha value is -3.66. The third kappa shape index (κ3) is 4.65. The van der Waals surface area contributed by atoms with Crippen LogP contribution in [0.25, 0.3) is 5.69 Å². The van der Waals surface area contributed by atoms with E-state index in [-0.39, 0.29) is 16.1 Å². The third-order valence-corrected chi connectivity index (χ3v) is 6.12. The van der Waals surface area contributed by atoms with Crippen LogP contribution in [0.2, 0.25) is 0 Å². The molecule has 32 heavy (non-hydrogen) atoms. The number of benzene rings is 2. The molecular formula is C22H23N3O6S. The second-order valence-electron chi connectivity index (χ2n) is 7.31. The topological polar surface area (TPSA) is 116 Å². The summed E-state index contributed by atoms with van der Waals surface area (Å²) in [5.74, 6) is -1.53. The van der Waals surface area contributed by atoms with Gasteiger partial charge in [-0.15, -0.1) is 0 Å². The first kappa shape index (κ1) is 23.0. The SMILES string of the molecule is Cc1ccc(S(C)(=O)=O)cc1C(=O)OCC(=O)Nc1c(C)n(C)n(-c2ccccc2)c1=O. The molecule has 0 bridgehead atoms. The molecule has 1 N–H and O–H groups in total. The van der Waals surface area contributed by atoms with Crippen LogP contribution in [-0.2, 0) is 26.4 Å².